The Morgan fingerprint density at radius 3 is 2.05 bits per heavy atom. The predicted octanol–water partition coefficient (Wildman–Crippen LogP) is 10.1. The maximum Gasteiger partial charge on any atom is 0.224 e. The van der Waals surface area contributed by atoms with Crippen LogP contribution in [-0.2, 0) is 19.9 Å². The second-order valence-corrected chi connectivity index (χ2v) is 15.1. The Kier molecular flexibility index (Phi) is 5.41. The molecular formula is C39H43N2+. The first-order valence-electron chi connectivity index (χ1n) is 15.2. The lowest BCUT2D eigenvalue weighted by atomic mass is 9.82. The van der Waals surface area contributed by atoms with E-state index < -0.39 is 0 Å². The molecular weight excluding hydrogens is 496 g/mol. The minimum absolute atomic E-state index is 0.187. The number of aryl methyl sites for hydroxylation is 4. The van der Waals surface area contributed by atoms with E-state index in [9.17, 15) is 0 Å². The van der Waals surface area contributed by atoms with Gasteiger partial charge in [-0.15, -0.1) is 0 Å². The minimum Gasteiger partial charge on any atom is -0.307 e. The third-order valence-electron chi connectivity index (χ3n) is 9.35. The third kappa shape index (κ3) is 3.72. The molecule has 0 unspecified atom stereocenters. The first kappa shape index (κ1) is 26.3. The Labute approximate surface area is 243 Å². The number of para-hydroxylation sites is 1. The fourth-order valence-corrected chi connectivity index (χ4v) is 7.77. The minimum atomic E-state index is 0.187. The van der Waals surface area contributed by atoms with Crippen molar-refractivity contribution in [3.63, 3.8) is 0 Å². The number of fused-ring (bicyclic) bond motifs is 7. The molecule has 0 amide bonds. The number of rotatable bonds is 2. The first-order valence-corrected chi connectivity index (χ1v) is 15.2. The molecule has 0 fully saturated rings. The zero-order valence-corrected chi connectivity index (χ0v) is 26.5. The maximum absolute atomic E-state index is 2.63. The lowest BCUT2D eigenvalue weighted by molar-refractivity contribution is -0.643. The van der Waals surface area contributed by atoms with Crippen LogP contribution in [0.3, 0.4) is 0 Å². The van der Waals surface area contributed by atoms with E-state index in [0.29, 0.717) is 0 Å². The Hall–Kier alpha value is -3.65. The van der Waals surface area contributed by atoms with Crippen LogP contribution in [0.2, 0.25) is 0 Å². The van der Waals surface area contributed by atoms with Gasteiger partial charge < -0.3 is 4.40 Å². The maximum atomic E-state index is 2.63. The summed E-state index contributed by atoms with van der Waals surface area (Å²) in [6, 6.07) is 18.7. The molecule has 7 rings (SSSR count). The van der Waals surface area contributed by atoms with Gasteiger partial charge >= 0.3 is 0 Å². The molecule has 0 bridgehead atoms. The van der Waals surface area contributed by atoms with Gasteiger partial charge in [0.25, 0.3) is 0 Å². The lowest BCUT2D eigenvalue weighted by Crippen LogP contribution is -2.29. The van der Waals surface area contributed by atoms with Gasteiger partial charge in [-0.3, -0.25) is 0 Å². The Morgan fingerprint density at radius 1 is 0.634 bits per heavy atom. The van der Waals surface area contributed by atoms with Crippen LogP contribution in [0.1, 0.15) is 69.4 Å². The Bertz CT molecular complexity index is 2190. The molecule has 0 spiro atoms. The third-order valence-corrected chi connectivity index (χ3v) is 9.35. The molecule has 0 saturated carbocycles. The number of hydrogen-bond donors (Lipinski definition) is 0. The number of benzene rings is 4. The summed E-state index contributed by atoms with van der Waals surface area (Å²) in [5, 5.41) is 9.73. The van der Waals surface area contributed by atoms with Gasteiger partial charge in [-0.2, -0.15) is 0 Å². The van der Waals surface area contributed by atoms with Crippen molar-refractivity contribution in [3.8, 4) is 0 Å². The van der Waals surface area contributed by atoms with E-state index in [4.69, 9.17) is 0 Å². The largest absolute Gasteiger partial charge is 0.307 e. The van der Waals surface area contributed by atoms with Crippen molar-refractivity contribution in [1.29, 1.82) is 0 Å². The van der Waals surface area contributed by atoms with Crippen molar-refractivity contribution in [3.05, 3.63) is 82.5 Å². The monoisotopic (exact) mass is 539 g/mol. The standard InChI is InChI=1S/C39H43N2/c1-22-27-17-18-40(10)36-32-23(2)29-19-25(20-38(4,5)6)15-16-26(29)24(3)35(32)41-31-14-12-11-13-28(31)33(37(41)34(27)36)30(22)21-39(7,8)9/h11-19H,20-21H2,1-10H3/q+1. The second-order valence-electron chi connectivity index (χ2n) is 15.1. The van der Waals surface area contributed by atoms with Crippen LogP contribution in [0.5, 0.6) is 0 Å². The number of nitrogens with zero attached hydrogens (tertiary/aromatic N) is 2. The molecule has 0 aliphatic heterocycles. The van der Waals surface area contributed by atoms with E-state index in [0.717, 1.165) is 12.8 Å². The summed E-state index contributed by atoms with van der Waals surface area (Å²) < 4.78 is 5.01. The fourth-order valence-electron chi connectivity index (χ4n) is 7.77. The van der Waals surface area contributed by atoms with E-state index in [1.807, 2.05) is 0 Å². The molecule has 208 valence electrons. The highest BCUT2D eigenvalue weighted by atomic mass is 15.0. The van der Waals surface area contributed by atoms with Gasteiger partial charge in [0.15, 0.2) is 6.20 Å². The smallest absolute Gasteiger partial charge is 0.224 e. The quantitative estimate of drug-likeness (QED) is 0.117. The van der Waals surface area contributed by atoms with E-state index >= 15 is 0 Å². The highest BCUT2D eigenvalue weighted by Gasteiger charge is 2.30. The SMILES string of the molecule is Cc1c(CC(C)(C)C)c2c3ccccc3n3c4c(C)c5ccc(CC(C)(C)C)cc5c(C)c4c4c(c1cc[n+]4C)c23. The number of pyridine rings is 2. The fraction of sp³-hybridized carbons (Fsp3) is 0.359. The van der Waals surface area contributed by atoms with E-state index in [2.05, 4.69) is 133 Å². The second kappa shape index (κ2) is 8.44. The molecule has 0 aliphatic carbocycles. The van der Waals surface area contributed by atoms with Gasteiger partial charge in [-0.05, 0) is 94.5 Å². The predicted molar refractivity (Wildman–Crippen MR) is 178 cm³/mol. The van der Waals surface area contributed by atoms with Crippen molar-refractivity contribution < 1.29 is 4.57 Å². The topological polar surface area (TPSA) is 8.29 Å². The Morgan fingerprint density at radius 2 is 1.34 bits per heavy atom. The van der Waals surface area contributed by atoms with Crippen LogP contribution in [0.4, 0.5) is 0 Å². The Balaban J connectivity index is 1.80. The molecule has 3 heterocycles. The van der Waals surface area contributed by atoms with Gasteiger partial charge in [-0.25, -0.2) is 4.57 Å². The summed E-state index contributed by atoms with van der Waals surface area (Å²) in [6.07, 6.45) is 4.41. The highest BCUT2D eigenvalue weighted by molar-refractivity contribution is 6.30. The van der Waals surface area contributed by atoms with Crippen LogP contribution < -0.4 is 4.57 Å². The average molecular weight is 540 g/mol. The van der Waals surface area contributed by atoms with Crippen LogP contribution in [0, 0.1) is 31.6 Å². The lowest BCUT2D eigenvalue weighted by Gasteiger charge is -2.23. The van der Waals surface area contributed by atoms with E-state index in [-0.39, 0.29) is 10.8 Å². The molecule has 0 N–H and O–H groups in total. The molecule has 4 aromatic carbocycles. The summed E-state index contributed by atoms with van der Waals surface area (Å²) >= 11 is 0. The van der Waals surface area contributed by atoms with E-state index in [1.165, 1.54) is 87.6 Å². The highest BCUT2D eigenvalue weighted by Crippen LogP contribution is 2.47. The van der Waals surface area contributed by atoms with Crippen LogP contribution in [-0.4, -0.2) is 4.40 Å². The molecule has 3 aromatic heterocycles. The molecule has 0 atom stereocenters. The first-order chi connectivity index (χ1) is 19.3. The summed E-state index contributed by atoms with van der Waals surface area (Å²) in [5.41, 5.74) is 12.9. The molecule has 2 heteroatoms. The number of aromatic nitrogens is 2. The molecule has 0 aliphatic rings. The van der Waals surface area contributed by atoms with Gasteiger partial charge in [0.2, 0.25) is 5.52 Å². The van der Waals surface area contributed by atoms with Crippen molar-refractivity contribution in [2.75, 3.05) is 0 Å². The summed E-state index contributed by atoms with van der Waals surface area (Å²) in [7, 11) is 2.23. The molecule has 41 heavy (non-hydrogen) atoms. The van der Waals surface area contributed by atoms with Crippen LogP contribution >= 0.6 is 0 Å². The van der Waals surface area contributed by atoms with Crippen molar-refractivity contribution in [2.24, 2.45) is 17.9 Å². The molecule has 7 aromatic rings. The molecule has 2 nitrogen and oxygen atoms in total. The summed E-state index contributed by atoms with van der Waals surface area (Å²) in [6.45, 7) is 21.2. The average Bonchev–Trinajstić information content (AvgIpc) is 3.23. The van der Waals surface area contributed by atoms with Crippen molar-refractivity contribution in [2.45, 2.75) is 75.2 Å². The van der Waals surface area contributed by atoms with Crippen molar-refractivity contribution in [1.82, 2.24) is 4.40 Å². The zero-order valence-electron chi connectivity index (χ0n) is 26.5. The zero-order chi connectivity index (χ0) is 29.2. The van der Waals surface area contributed by atoms with E-state index in [1.54, 1.807) is 0 Å². The van der Waals surface area contributed by atoms with Gasteiger partial charge in [0, 0.05) is 16.8 Å². The normalized spacial score (nSPS) is 13.3. The van der Waals surface area contributed by atoms with Gasteiger partial charge in [-0.1, -0.05) is 77.9 Å². The van der Waals surface area contributed by atoms with Gasteiger partial charge in [0.05, 0.1) is 27.3 Å². The number of hydrogen-bond acceptors (Lipinski definition) is 0. The van der Waals surface area contributed by atoms with Crippen LogP contribution in [0.25, 0.3) is 59.8 Å². The van der Waals surface area contributed by atoms with Crippen molar-refractivity contribution >= 4 is 59.8 Å². The van der Waals surface area contributed by atoms with Gasteiger partial charge in [0.1, 0.15) is 7.05 Å². The van der Waals surface area contributed by atoms with Crippen LogP contribution in [0.15, 0.2) is 54.7 Å². The molecule has 0 radical (unpaired) electrons. The molecule has 0 saturated heterocycles. The summed E-state index contributed by atoms with van der Waals surface area (Å²) in [4.78, 5) is 0. The summed E-state index contributed by atoms with van der Waals surface area (Å²) in [5.74, 6) is 0.